The average molecular weight is 471 g/mol. The maximum atomic E-state index is 13.3. The molecule has 8 heteroatoms. The Bertz CT molecular complexity index is 966. The number of unbranched alkanes of at least 4 members (excludes halogenated alkanes) is 1. The smallest absolute Gasteiger partial charge is 0.253 e. The zero-order chi connectivity index (χ0) is 24.7. The SMILES string of the molecule is CCCCNC(=O)[C@@H]1CN(C(=O)c2ccc(OC)cc2)C[C@H]1c1cc(OC)c(OC)c(OC)c1. The van der Waals surface area contributed by atoms with E-state index >= 15 is 0 Å². The van der Waals surface area contributed by atoms with Gasteiger partial charge in [0.15, 0.2) is 11.5 Å². The van der Waals surface area contributed by atoms with E-state index in [9.17, 15) is 9.59 Å². The fourth-order valence-electron chi connectivity index (χ4n) is 4.32. The number of hydrogen-bond donors (Lipinski definition) is 1. The second-order valence-corrected chi connectivity index (χ2v) is 8.25. The van der Waals surface area contributed by atoms with Gasteiger partial charge in [-0.15, -0.1) is 0 Å². The third kappa shape index (κ3) is 5.38. The summed E-state index contributed by atoms with van der Waals surface area (Å²) in [5.74, 6) is 1.40. The zero-order valence-corrected chi connectivity index (χ0v) is 20.6. The fourth-order valence-corrected chi connectivity index (χ4v) is 4.32. The van der Waals surface area contributed by atoms with Gasteiger partial charge in [-0.3, -0.25) is 9.59 Å². The fraction of sp³-hybridized carbons (Fsp3) is 0.462. The van der Waals surface area contributed by atoms with Crippen molar-refractivity contribution >= 4 is 11.8 Å². The van der Waals surface area contributed by atoms with E-state index in [1.165, 1.54) is 0 Å². The highest BCUT2D eigenvalue weighted by Crippen LogP contribution is 2.43. The molecule has 0 aliphatic carbocycles. The number of carbonyl (C=O) groups excluding carboxylic acids is 2. The Labute approximate surface area is 201 Å². The molecule has 3 rings (SSSR count). The molecule has 1 heterocycles. The molecular formula is C26H34N2O6. The number of rotatable bonds is 10. The third-order valence-corrected chi connectivity index (χ3v) is 6.23. The largest absolute Gasteiger partial charge is 0.497 e. The van der Waals surface area contributed by atoms with Crippen molar-refractivity contribution in [1.29, 1.82) is 0 Å². The number of benzene rings is 2. The van der Waals surface area contributed by atoms with E-state index in [2.05, 4.69) is 12.2 Å². The molecule has 2 aromatic rings. The first kappa shape index (κ1) is 25.2. The molecule has 0 bridgehead atoms. The van der Waals surface area contributed by atoms with E-state index in [4.69, 9.17) is 18.9 Å². The summed E-state index contributed by atoms with van der Waals surface area (Å²) in [5.41, 5.74) is 1.41. The van der Waals surface area contributed by atoms with E-state index < -0.39 is 5.92 Å². The number of nitrogens with zero attached hydrogens (tertiary/aromatic N) is 1. The van der Waals surface area contributed by atoms with Crippen molar-refractivity contribution in [3.8, 4) is 23.0 Å². The van der Waals surface area contributed by atoms with E-state index in [0.29, 0.717) is 48.2 Å². The van der Waals surface area contributed by atoms with Crippen molar-refractivity contribution in [2.75, 3.05) is 48.1 Å². The van der Waals surface area contributed by atoms with Crippen molar-refractivity contribution < 1.29 is 28.5 Å². The summed E-state index contributed by atoms with van der Waals surface area (Å²) in [4.78, 5) is 28.2. The van der Waals surface area contributed by atoms with Gasteiger partial charge in [-0.25, -0.2) is 0 Å². The summed E-state index contributed by atoms with van der Waals surface area (Å²) in [7, 11) is 6.25. The van der Waals surface area contributed by atoms with Crippen molar-refractivity contribution in [1.82, 2.24) is 10.2 Å². The Balaban J connectivity index is 1.93. The van der Waals surface area contributed by atoms with E-state index in [0.717, 1.165) is 18.4 Å². The molecule has 8 nitrogen and oxygen atoms in total. The van der Waals surface area contributed by atoms with Gasteiger partial charge >= 0.3 is 0 Å². The predicted molar refractivity (Wildman–Crippen MR) is 129 cm³/mol. The van der Waals surface area contributed by atoms with Crippen molar-refractivity contribution in [2.45, 2.75) is 25.7 Å². The Hall–Kier alpha value is -3.42. The highest BCUT2D eigenvalue weighted by molar-refractivity contribution is 5.95. The van der Waals surface area contributed by atoms with Crippen LogP contribution in [0.15, 0.2) is 36.4 Å². The summed E-state index contributed by atoms with van der Waals surface area (Å²) in [6.07, 6.45) is 1.89. The van der Waals surface area contributed by atoms with Gasteiger partial charge in [0.05, 0.1) is 34.4 Å². The molecule has 1 aliphatic heterocycles. The molecule has 1 N–H and O–H groups in total. The van der Waals surface area contributed by atoms with Crippen LogP contribution < -0.4 is 24.3 Å². The standard InChI is InChI=1S/C26H34N2O6/c1-6-7-12-27-25(29)21-16-28(26(30)17-8-10-19(31-2)11-9-17)15-20(21)18-13-22(32-3)24(34-5)23(14-18)33-4/h8-11,13-14,20-21H,6-7,12,15-16H2,1-5H3,(H,27,29)/t20-,21+/m0/s1. The molecule has 2 atom stereocenters. The van der Waals surface area contributed by atoms with Crippen LogP contribution in [0, 0.1) is 5.92 Å². The molecule has 2 aromatic carbocycles. The number of amides is 2. The minimum absolute atomic E-state index is 0.0581. The molecule has 0 spiro atoms. The van der Waals surface area contributed by atoms with Gasteiger partial charge in [0, 0.05) is 31.1 Å². The molecule has 0 saturated carbocycles. The summed E-state index contributed by atoms with van der Waals surface area (Å²) >= 11 is 0. The summed E-state index contributed by atoms with van der Waals surface area (Å²) in [6.45, 7) is 3.41. The molecule has 1 aliphatic rings. The maximum Gasteiger partial charge on any atom is 0.253 e. The lowest BCUT2D eigenvalue weighted by Crippen LogP contribution is -2.36. The van der Waals surface area contributed by atoms with Crippen molar-refractivity contribution in [2.24, 2.45) is 5.92 Å². The highest BCUT2D eigenvalue weighted by Gasteiger charge is 2.41. The Kier molecular flexibility index (Phi) is 8.62. The third-order valence-electron chi connectivity index (χ3n) is 6.23. The van der Waals surface area contributed by atoms with Gasteiger partial charge in [0.25, 0.3) is 5.91 Å². The first-order valence-corrected chi connectivity index (χ1v) is 11.5. The van der Waals surface area contributed by atoms with Crippen LogP contribution in [-0.4, -0.2) is 64.8 Å². The number of nitrogens with one attached hydrogen (secondary N) is 1. The zero-order valence-electron chi connectivity index (χ0n) is 20.6. The quantitative estimate of drug-likeness (QED) is 0.535. The maximum absolute atomic E-state index is 13.3. The van der Waals surface area contributed by atoms with Gasteiger partial charge < -0.3 is 29.2 Å². The molecule has 34 heavy (non-hydrogen) atoms. The second kappa shape index (κ2) is 11.6. The average Bonchev–Trinajstić information content (AvgIpc) is 3.33. The summed E-state index contributed by atoms with van der Waals surface area (Å²) < 4.78 is 21.7. The van der Waals surface area contributed by atoms with Crippen LogP contribution in [0.4, 0.5) is 0 Å². The molecular weight excluding hydrogens is 436 g/mol. The van der Waals surface area contributed by atoms with Crippen LogP contribution in [-0.2, 0) is 4.79 Å². The first-order chi connectivity index (χ1) is 16.5. The summed E-state index contributed by atoms with van der Waals surface area (Å²) in [5, 5.41) is 3.04. The monoisotopic (exact) mass is 470 g/mol. The number of carbonyl (C=O) groups is 2. The molecule has 0 aromatic heterocycles. The molecule has 184 valence electrons. The van der Waals surface area contributed by atoms with Crippen LogP contribution in [0.25, 0.3) is 0 Å². The Morgan fingerprint density at radius 1 is 0.941 bits per heavy atom. The number of ether oxygens (including phenoxy) is 4. The van der Waals surface area contributed by atoms with Crippen LogP contribution in [0.2, 0.25) is 0 Å². The molecule has 1 saturated heterocycles. The topological polar surface area (TPSA) is 86.3 Å². The van der Waals surface area contributed by atoms with E-state index in [-0.39, 0.29) is 17.7 Å². The van der Waals surface area contributed by atoms with Crippen LogP contribution in [0.5, 0.6) is 23.0 Å². The van der Waals surface area contributed by atoms with Crippen LogP contribution >= 0.6 is 0 Å². The van der Waals surface area contributed by atoms with Gasteiger partial charge in [-0.2, -0.15) is 0 Å². The molecule has 0 unspecified atom stereocenters. The van der Waals surface area contributed by atoms with Crippen LogP contribution in [0.1, 0.15) is 41.6 Å². The highest BCUT2D eigenvalue weighted by atomic mass is 16.5. The number of methoxy groups -OCH3 is 4. The predicted octanol–water partition coefficient (Wildman–Crippen LogP) is 3.49. The van der Waals surface area contributed by atoms with Gasteiger partial charge in [0.1, 0.15) is 5.75 Å². The van der Waals surface area contributed by atoms with Gasteiger partial charge in [-0.05, 0) is 48.4 Å². The Morgan fingerprint density at radius 2 is 1.59 bits per heavy atom. The normalized spacial score (nSPS) is 17.3. The summed E-state index contributed by atoms with van der Waals surface area (Å²) in [6, 6.07) is 10.7. The van der Waals surface area contributed by atoms with E-state index in [1.807, 2.05) is 12.1 Å². The lowest BCUT2D eigenvalue weighted by Gasteiger charge is -2.21. The number of likely N-dealkylation sites (tertiary alicyclic amines) is 1. The molecule has 2 amide bonds. The molecule has 0 radical (unpaired) electrons. The van der Waals surface area contributed by atoms with Crippen molar-refractivity contribution in [3.05, 3.63) is 47.5 Å². The van der Waals surface area contributed by atoms with E-state index in [1.54, 1.807) is 57.6 Å². The van der Waals surface area contributed by atoms with Gasteiger partial charge in [-0.1, -0.05) is 13.3 Å². The minimum atomic E-state index is -0.401. The Morgan fingerprint density at radius 3 is 2.12 bits per heavy atom. The van der Waals surface area contributed by atoms with Gasteiger partial charge in [0.2, 0.25) is 11.7 Å². The lowest BCUT2D eigenvalue weighted by molar-refractivity contribution is -0.124. The molecule has 1 fully saturated rings. The minimum Gasteiger partial charge on any atom is -0.497 e. The second-order valence-electron chi connectivity index (χ2n) is 8.25. The van der Waals surface area contributed by atoms with Crippen LogP contribution in [0.3, 0.4) is 0 Å². The lowest BCUT2D eigenvalue weighted by atomic mass is 9.88. The number of hydrogen-bond acceptors (Lipinski definition) is 6. The van der Waals surface area contributed by atoms with Crippen molar-refractivity contribution in [3.63, 3.8) is 0 Å². The first-order valence-electron chi connectivity index (χ1n) is 11.5.